The summed E-state index contributed by atoms with van der Waals surface area (Å²) in [6.45, 7) is -0.0279. The van der Waals surface area contributed by atoms with Crippen LogP contribution in [-0.2, 0) is 16.6 Å². The van der Waals surface area contributed by atoms with Gasteiger partial charge in [0.15, 0.2) is 10.9 Å². The molecule has 0 bridgehead atoms. The number of nitrogens with zero attached hydrogens (tertiary/aromatic N) is 3. The summed E-state index contributed by atoms with van der Waals surface area (Å²) in [5.74, 6) is 0.00463. The van der Waals surface area contributed by atoms with E-state index in [0.717, 1.165) is 37.6 Å². The Balaban J connectivity index is 1.54. The number of thiazole rings is 1. The van der Waals surface area contributed by atoms with Gasteiger partial charge in [0.1, 0.15) is 5.03 Å². The molecular formula is C25H30N6O4S3. The van der Waals surface area contributed by atoms with Gasteiger partial charge >= 0.3 is 6.03 Å². The van der Waals surface area contributed by atoms with Crippen molar-refractivity contribution in [1.29, 1.82) is 0 Å². The van der Waals surface area contributed by atoms with Crippen LogP contribution in [0, 0.1) is 5.92 Å². The number of carbonyl (C=O) groups excluding carboxylic acids is 2. The Morgan fingerprint density at radius 1 is 1.13 bits per heavy atom. The molecule has 0 radical (unpaired) electrons. The molecule has 0 unspecified atom stereocenters. The zero-order valence-corrected chi connectivity index (χ0v) is 23.8. The molecule has 0 saturated heterocycles. The molecule has 2 aromatic heterocycles. The van der Waals surface area contributed by atoms with E-state index in [1.807, 2.05) is 43.3 Å². The van der Waals surface area contributed by atoms with E-state index in [1.165, 1.54) is 23.1 Å². The minimum absolute atomic E-state index is 0.0279. The largest absolute Gasteiger partial charge is 0.378 e. The Morgan fingerprint density at radius 2 is 1.89 bits per heavy atom. The van der Waals surface area contributed by atoms with Gasteiger partial charge < -0.3 is 10.2 Å². The van der Waals surface area contributed by atoms with E-state index in [1.54, 1.807) is 18.3 Å². The number of pyridine rings is 1. The highest BCUT2D eigenvalue weighted by molar-refractivity contribution is 8.01. The third kappa shape index (κ3) is 7.53. The number of Topliss-reactive ketones (excluding diaryl/α,β-unsaturated/α-hetero) is 1. The van der Waals surface area contributed by atoms with Gasteiger partial charge in [-0.05, 0) is 43.2 Å². The first kappa shape index (κ1) is 28.0. The lowest BCUT2D eigenvalue weighted by atomic mass is 9.94. The minimum atomic E-state index is -3.44. The van der Waals surface area contributed by atoms with Gasteiger partial charge in [-0.1, -0.05) is 42.0 Å². The molecule has 2 amide bonds. The van der Waals surface area contributed by atoms with Gasteiger partial charge in [-0.3, -0.25) is 10.1 Å². The van der Waals surface area contributed by atoms with Crippen LogP contribution < -0.4 is 20.3 Å². The second-order valence-electron chi connectivity index (χ2n) is 9.17. The Bertz CT molecular complexity index is 1400. The fourth-order valence-corrected chi connectivity index (χ4v) is 6.52. The summed E-state index contributed by atoms with van der Waals surface area (Å²) in [6.07, 6.45) is 6.52. The fourth-order valence-electron chi connectivity index (χ4n) is 4.07. The first-order chi connectivity index (χ1) is 18.1. The van der Waals surface area contributed by atoms with E-state index >= 15 is 0 Å². The molecule has 0 spiro atoms. The third-order valence-electron chi connectivity index (χ3n) is 5.98. The lowest BCUT2D eigenvalue weighted by Crippen LogP contribution is -2.23. The Kier molecular flexibility index (Phi) is 9.03. The number of hydrogen-bond donors (Lipinski definition) is 3. The van der Waals surface area contributed by atoms with Crippen LogP contribution in [0.1, 0.15) is 41.7 Å². The molecule has 3 aromatic rings. The molecule has 202 valence electrons. The Hall–Kier alpha value is -3.00. The summed E-state index contributed by atoms with van der Waals surface area (Å²) in [4.78, 5) is 36.9. The number of urea groups is 1. The quantitative estimate of drug-likeness (QED) is 0.294. The van der Waals surface area contributed by atoms with Crippen molar-refractivity contribution in [2.75, 3.05) is 35.9 Å². The van der Waals surface area contributed by atoms with Crippen molar-refractivity contribution in [3.8, 4) is 0 Å². The van der Waals surface area contributed by atoms with Crippen LogP contribution in [0.4, 0.5) is 21.3 Å². The number of nitrogens with one attached hydrogen (secondary N) is 3. The number of anilines is 3. The number of aromatic nitrogens is 2. The number of hydrogen-bond acceptors (Lipinski definition) is 9. The second-order valence-corrected chi connectivity index (χ2v) is 13.3. The summed E-state index contributed by atoms with van der Waals surface area (Å²) >= 11 is 2.54. The third-order valence-corrected chi connectivity index (χ3v) is 8.83. The minimum Gasteiger partial charge on any atom is -0.378 e. The summed E-state index contributed by atoms with van der Waals surface area (Å²) in [5.41, 5.74) is 2.26. The molecule has 13 heteroatoms. The van der Waals surface area contributed by atoms with Crippen molar-refractivity contribution < 1.29 is 18.0 Å². The van der Waals surface area contributed by atoms with E-state index in [9.17, 15) is 18.0 Å². The average molecular weight is 575 g/mol. The van der Waals surface area contributed by atoms with Gasteiger partial charge in [-0.15, -0.1) is 0 Å². The van der Waals surface area contributed by atoms with Crippen molar-refractivity contribution >= 4 is 61.4 Å². The van der Waals surface area contributed by atoms with Gasteiger partial charge in [0, 0.05) is 37.5 Å². The molecule has 4 rings (SSSR count). The molecule has 1 aliphatic rings. The van der Waals surface area contributed by atoms with Crippen LogP contribution in [0.25, 0.3) is 0 Å². The number of benzene rings is 1. The number of rotatable bonds is 10. The van der Waals surface area contributed by atoms with E-state index < -0.39 is 16.1 Å². The standard InChI is InChI=1S/C25H30N6O4S3/c1-31(2)17-11-12-19(18(14-17)22(32)16-8-4-5-9-16)28-24(33)30-25-29-20(15-27-38(3,34)35)23(37-25)36-21-10-6-7-13-26-21/h6-7,10-14,16,27H,4-5,8-9,15H2,1-3H3,(H2,28,29,30,33). The zero-order chi connectivity index (χ0) is 27.3. The zero-order valence-electron chi connectivity index (χ0n) is 21.4. The van der Waals surface area contributed by atoms with Crippen LogP contribution >= 0.6 is 23.1 Å². The predicted octanol–water partition coefficient (Wildman–Crippen LogP) is 4.82. The van der Waals surface area contributed by atoms with Gasteiger partial charge in [-0.2, -0.15) is 0 Å². The number of carbonyl (C=O) groups is 2. The van der Waals surface area contributed by atoms with Crippen molar-refractivity contribution in [3.05, 3.63) is 53.9 Å². The second kappa shape index (κ2) is 12.2. The highest BCUT2D eigenvalue weighted by Gasteiger charge is 2.27. The molecule has 2 heterocycles. The molecule has 0 aliphatic heterocycles. The summed E-state index contributed by atoms with van der Waals surface area (Å²) in [5, 5.41) is 6.55. The summed E-state index contributed by atoms with van der Waals surface area (Å²) in [7, 11) is 0.360. The lowest BCUT2D eigenvalue weighted by Gasteiger charge is -2.18. The molecule has 1 aliphatic carbocycles. The molecule has 0 atom stereocenters. The molecule has 38 heavy (non-hydrogen) atoms. The van der Waals surface area contributed by atoms with Crippen molar-refractivity contribution in [2.24, 2.45) is 5.92 Å². The summed E-state index contributed by atoms with van der Waals surface area (Å²) < 4.78 is 26.4. The molecule has 3 N–H and O–H groups in total. The maximum atomic E-state index is 13.3. The first-order valence-corrected chi connectivity index (χ1v) is 15.6. The Morgan fingerprint density at radius 3 is 2.55 bits per heavy atom. The SMILES string of the molecule is CN(C)c1ccc(NC(=O)Nc2nc(CNS(C)(=O)=O)c(Sc3ccccn3)s2)c(C(=O)C2CCCC2)c1. The molecule has 1 aromatic carbocycles. The lowest BCUT2D eigenvalue weighted by molar-refractivity contribution is 0.0923. The van der Waals surface area contributed by atoms with Crippen LogP contribution in [0.2, 0.25) is 0 Å². The van der Waals surface area contributed by atoms with E-state index in [0.29, 0.717) is 31.3 Å². The van der Waals surface area contributed by atoms with Crippen LogP contribution in [0.15, 0.2) is 51.8 Å². The Labute approximate surface area is 230 Å². The van der Waals surface area contributed by atoms with Gasteiger partial charge in [0.25, 0.3) is 0 Å². The molecular weight excluding hydrogens is 545 g/mol. The normalized spacial score (nSPS) is 13.9. The molecule has 1 saturated carbocycles. The monoisotopic (exact) mass is 574 g/mol. The average Bonchev–Trinajstić information content (AvgIpc) is 3.53. The molecule has 1 fully saturated rings. The van der Waals surface area contributed by atoms with Crippen molar-refractivity contribution in [2.45, 2.75) is 41.5 Å². The first-order valence-electron chi connectivity index (χ1n) is 12.1. The van der Waals surface area contributed by atoms with Gasteiger partial charge in [-0.25, -0.2) is 27.9 Å². The van der Waals surface area contributed by atoms with Crippen LogP contribution in [0.5, 0.6) is 0 Å². The van der Waals surface area contributed by atoms with E-state index in [4.69, 9.17) is 0 Å². The van der Waals surface area contributed by atoms with Crippen LogP contribution in [-0.4, -0.2) is 50.6 Å². The fraction of sp³-hybridized carbons (Fsp3) is 0.360. The van der Waals surface area contributed by atoms with Gasteiger partial charge in [0.2, 0.25) is 10.0 Å². The van der Waals surface area contributed by atoms with E-state index in [-0.39, 0.29) is 18.2 Å². The summed E-state index contributed by atoms with van der Waals surface area (Å²) in [6, 6.07) is 10.3. The predicted molar refractivity (Wildman–Crippen MR) is 152 cm³/mol. The highest BCUT2D eigenvalue weighted by Crippen LogP contribution is 2.37. The highest BCUT2D eigenvalue weighted by atomic mass is 32.2. The smallest absolute Gasteiger partial charge is 0.325 e. The van der Waals surface area contributed by atoms with Crippen LogP contribution in [0.3, 0.4) is 0 Å². The maximum Gasteiger partial charge on any atom is 0.325 e. The number of ketones is 1. The number of amides is 2. The van der Waals surface area contributed by atoms with Crippen molar-refractivity contribution in [3.63, 3.8) is 0 Å². The molecule has 10 nitrogen and oxygen atoms in total. The maximum absolute atomic E-state index is 13.3. The topological polar surface area (TPSA) is 133 Å². The van der Waals surface area contributed by atoms with Gasteiger partial charge in [0.05, 0.1) is 28.4 Å². The van der Waals surface area contributed by atoms with Crippen molar-refractivity contribution in [1.82, 2.24) is 14.7 Å². The number of sulfonamides is 1. The van der Waals surface area contributed by atoms with E-state index in [2.05, 4.69) is 25.3 Å².